The van der Waals surface area contributed by atoms with E-state index in [1.165, 1.54) is 7.11 Å². The zero-order valence-corrected chi connectivity index (χ0v) is 13.8. The number of carbonyl (C=O) groups excluding carboxylic acids is 2. The number of rotatable bonds is 6. The van der Waals surface area contributed by atoms with Crippen LogP contribution in [0.1, 0.15) is 11.8 Å². The van der Waals surface area contributed by atoms with Gasteiger partial charge in [0.25, 0.3) is 0 Å². The lowest BCUT2D eigenvalue weighted by Gasteiger charge is -2.15. The number of benzene rings is 1. The predicted octanol–water partition coefficient (Wildman–Crippen LogP) is 3.04. The summed E-state index contributed by atoms with van der Waals surface area (Å²) in [6, 6.07) is 10.6. The highest BCUT2D eigenvalue weighted by Crippen LogP contribution is 2.15. The van der Waals surface area contributed by atoms with Crippen molar-refractivity contribution in [2.45, 2.75) is 19.5 Å². The molecule has 0 bridgehead atoms. The summed E-state index contributed by atoms with van der Waals surface area (Å²) in [5.74, 6) is -0.0739. The van der Waals surface area contributed by atoms with Crippen molar-refractivity contribution in [1.82, 2.24) is 5.32 Å². The molecule has 2 rings (SSSR count). The first-order valence-corrected chi connectivity index (χ1v) is 7.98. The van der Waals surface area contributed by atoms with E-state index in [1.54, 1.807) is 42.5 Å². The fraction of sp³-hybridized carbons (Fsp3) is 0.250. The average molecular weight is 333 g/mol. The summed E-state index contributed by atoms with van der Waals surface area (Å²) in [7, 11) is 1.31. The lowest BCUT2D eigenvalue weighted by Crippen LogP contribution is -2.37. The summed E-state index contributed by atoms with van der Waals surface area (Å²) < 4.78 is 4.52. The van der Waals surface area contributed by atoms with E-state index >= 15 is 0 Å². The van der Waals surface area contributed by atoms with Crippen molar-refractivity contribution in [3.8, 4) is 0 Å². The van der Waals surface area contributed by atoms with Crippen LogP contribution in [0.3, 0.4) is 0 Å². The highest BCUT2D eigenvalue weighted by atomic mass is 32.1. The smallest absolute Gasteiger partial charge is 0.411 e. The summed E-state index contributed by atoms with van der Waals surface area (Å²) in [4.78, 5) is 24.3. The third kappa shape index (κ3) is 5.30. The van der Waals surface area contributed by atoms with Crippen LogP contribution in [0.2, 0.25) is 0 Å². The maximum absolute atomic E-state index is 12.1. The van der Waals surface area contributed by atoms with Crippen molar-refractivity contribution in [1.29, 1.82) is 0 Å². The second-order valence-corrected chi connectivity index (χ2v) is 5.89. The van der Waals surface area contributed by atoms with E-state index in [0.29, 0.717) is 12.2 Å². The monoisotopic (exact) mass is 333 g/mol. The van der Waals surface area contributed by atoms with Crippen LogP contribution in [0.15, 0.2) is 41.8 Å². The number of thiophene rings is 1. The molecular weight excluding hydrogens is 314 g/mol. The van der Waals surface area contributed by atoms with Crippen molar-refractivity contribution < 1.29 is 14.3 Å². The molecule has 6 nitrogen and oxygen atoms in total. The van der Waals surface area contributed by atoms with E-state index in [-0.39, 0.29) is 11.9 Å². The maximum Gasteiger partial charge on any atom is 0.411 e. The van der Waals surface area contributed by atoms with Gasteiger partial charge in [0.05, 0.1) is 13.7 Å². The van der Waals surface area contributed by atoms with Gasteiger partial charge in [-0.05, 0) is 42.6 Å². The number of ether oxygens (including phenoxy) is 1. The van der Waals surface area contributed by atoms with Gasteiger partial charge in [0, 0.05) is 16.3 Å². The normalized spacial score (nSPS) is 11.4. The van der Waals surface area contributed by atoms with Crippen LogP contribution in [-0.2, 0) is 16.1 Å². The van der Waals surface area contributed by atoms with E-state index in [4.69, 9.17) is 0 Å². The number of anilines is 2. The molecule has 0 aliphatic carbocycles. The van der Waals surface area contributed by atoms with Gasteiger partial charge >= 0.3 is 6.09 Å². The van der Waals surface area contributed by atoms with Crippen molar-refractivity contribution in [3.05, 3.63) is 46.7 Å². The third-order valence-corrected chi connectivity index (χ3v) is 3.99. The molecule has 23 heavy (non-hydrogen) atoms. The topological polar surface area (TPSA) is 79.5 Å². The summed E-state index contributed by atoms with van der Waals surface area (Å²) in [5, 5.41) is 10.5. The highest BCUT2D eigenvalue weighted by Gasteiger charge is 2.12. The molecule has 0 saturated carbocycles. The Morgan fingerprint density at radius 3 is 2.48 bits per heavy atom. The third-order valence-electron chi connectivity index (χ3n) is 3.11. The number of nitrogens with one attached hydrogen (secondary N) is 3. The number of amides is 2. The summed E-state index contributed by atoms with van der Waals surface area (Å²) >= 11 is 1.61. The van der Waals surface area contributed by atoms with Crippen molar-refractivity contribution >= 4 is 34.7 Å². The minimum absolute atomic E-state index is 0.0739. The molecule has 0 aliphatic rings. The summed E-state index contributed by atoms with van der Waals surface area (Å²) in [6.45, 7) is 2.33. The molecule has 2 amide bonds. The lowest BCUT2D eigenvalue weighted by molar-refractivity contribution is -0.121. The van der Waals surface area contributed by atoms with Crippen LogP contribution < -0.4 is 16.0 Å². The molecule has 122 valence electrons. The van der Waals surface area contributed by atoms with Crippen molar-refractivity contribution in [2.24, 2.45) is 0 Å². The Morgan fingerprint density at radius 2 is 1.87 bits per heavy atom. The van der Waals surface area contributed by atoms with Crippen LogP contribution in [0.4, 0.5) is 16.2 Å². The molecule has 0 saturated heterocycles. The SMILES string of the molecule is COC(=O)Nc1ccc(NC(C)C(=O)NCc2cccs2)cc1. The molecule has 3 N–H and O–H groups in total. The van der Waals surface area contributed by atoms with Gasteiger partial charge in [-0.3, -0.25) is 10.1 Å². The fourth-order valence-electron chi connectivity index (χ4n) is 1.87. The van der Waals surface area contributed by atoms with Gasteiger partial charge in [-0.25, -0.2) is 4.79 Å². The molecule has 0 spiro atoms. The number of hydrogen-bond donors (Lipinski definition) is 3. The number of methoxy groups -OCH3 is 1. The fourth-order valence-corrected chi connectivity index (χ4v) is 2.52. The lowest BCUT2D eigenvalue weighted by atomic mass is 10.2. The minimum Gasteiger partial charge on any atom is -0.453 e. The molecule has 0 radical (unpaired) electrons. The Morgan fingerprint density at radius 1 is 1.17 bits per heavy atom. The molecule has 1 heterocycles. The van der Waals surface area contributed by atoms with Gasteiger partial charge < -0.3 is 15.4 Å². The predicted molar refractivity (Wildman–Crippen MR) is 91.7 cm³/mol. The molecule has 0 aliphatic heterocycles. The molecule has 1 aromatic heterocycles. The Kier molecular flexibility index (Phi) is 5.99. The van der Waals surface area contributed by atoms with Gasteiger partial charge in [-0.1, -0.05) is 6.07 Å². The Labute approximate surface area is 138 Å². The Bertz CT molecular complexity index is 641. The molecule has 0 fully saturated rings. The van der Waals surface area contributed by atoms with E-state index < -0.39 is 6.09 Å². The molecule has 1 aromatic carbocycles. The van der Waals surface area contributed by atoms with Crippen LogP contribution in [0.25, 0.3) is 0 Å². The zero-order chi connectivity index (χ0) is 16.7. The van der Waals surface area contributed by atoms with Gasteiger partial charge in [-0.2, -0.15) is 0 Å². The second kappa shape index (κ2) is 8.19. The largest absolute Gasteiger partial charge is 0.453 e. The molecular formula is C16H19N3O3S. The van der Waals surface area contributed by atoms with Crippen molar-refractivity contribution in [3.63, 3.8) is 0 Å². The zero-order valence-electron chi connectivity index (χ0n) is 13.0. The van der Waals surface area contributed by atoms with Crippen molar-refractivity contribution in [2.75, 3.05) is 17.7 Å². The first-order valence-electron chi connectivity index (χ1n) is 7.10. The molecule has 2 aromatic rings. The average Bonchev–Trinajstić information content (AvgIpc) is 3.07. The first-order chi connectivity index (χ1) is 11.1. The standard InChI is InChI=1S/C16H19N3O3S/c1-11(15(20)17-10-14-4-3-9-23-14)18-12-5-7-13(8-6-12)19-16(21)22-2/h3-9,11,18H,10H2,1-2H3,(H,17,20)(H,19,21). The van der Waals surface area contributed by atoms with Gasteiger partial charge in [0.2, 0.25) is 5.91 Å². The quantitative estimate of drug-likeness (QED) is 0.759. The van der Waals surface area contributed by atoms with E-state index in [1.807, 2.05) is 17.5 Å². The second-order valence-electron chi connectivity index (χ2n) is 4.86. The van der Waals surface area contributed by atoms with Gasteiger partial charge in [-0.15, -0.1) is 11.3 Å². The molecule has 1 unspecified atom stereocenters. The minimum atomic E-state index is -0.521. The summed E-state index contributed by atoms with van der Waals surface area (Å²) in [5.41, 5.74) is 1.41. The van der Waals surface area contributed by atoms with Crippen LogP contribution in [-0.4, -0.2) is 25.2 Å². The summed E-state index contributed by atoms with van der Waals surface area (Å²) in [6.07, 6.45) is -0.521. The molecule has 1 atom stereocenters. The number of hydrogen-bond acceptors (Lipinski definition) is 5. The Balaban J connectivity index is 1.83. The van der Waals surface area contributed by atoms with Gasteiger partial charge in [0.15, 0.2) is 0 Å². The first kappa shape index (κ1) is 16.8. The Hall–Kier alpha value is -2.54. The van der Waals surface area contributed by atoms with Gasteiger partial charge in [0.1, 0.15) is 6.04 Å². The van der Waals surface area contributed by atoms with E-state index in [9.17, 15) is 9.59 Å². The van der Waals surface area contributed by atoms with Crippen LogP contribution in [0, 0.1) is 0 Å². The van der Waals surface area contributed by atoms with E-state index in [0.717, 1.165) is 10.6 Å². The highest BCUT2D eigenvalue weighted by molar-refractivity contribution is 7.09. The van der Waals surface area contributed by atoms with Crippen LogP contribution >= 0.6 is 11.3 Å². The maximum atomic E-state index is 12.1. The number of carbonyl (C=O) groups is 2. The molecule has 7 heteroatoms. The van der Waals surface area contributed by atoms with Crippen LogP contribution in [0.5, 0.6) is 0 Å². The van der Waals surface area contributed by atoms with E-state index in [2.05, 4.69) is 20.7 Å².